The predicted molar refractivity (Wildman–Crippen MR) is 78.5 cm³/mol. The van der Waals surface area contributed by atoms with E-state index in [4.69, 9.17) is 5.11 Å². The van der Waals surface area contributed by atoms with Gasteiger partial charge in [-0.15, -0.1) is 0 Å². The topological polar surface area (TPSA) is 162 Å². The highest BCUT2D eigenvalue weighted by Crippen LogP contribution is 2.23. The van der Waals surface area contributed by atoms with Crippen molar-refractivity contribution in [2.75, 3.05) is 6.61 Å². The Morgan fingerprint density at radius 3 is 2.25 bits per heavy atom. The van der Waals surface area contributed by atoms with Gasteiger partial charge in [-0.3, -0.25) is 4.79 Å². The third kappa shape index (κ3) is 4.59. The standard InChI is InChI=1S/C15H18O9/c1-7(17)8-3-2-4-9(12(8)20)15(23)24-6-11(19)14(22)13(21)10(18)5-16/h2-5,10-11,13-14,18-22H,6H2,1H3/t10-,11+,13+,14-/m0/s1. The number of aliphatic hydroxyl groups excluding tert-OH is 4. The normalized spacial score (nSPS) is 15.9. The molecule has 1 rings (SSSR count). The molecule has 0 radical (unpaired) electrons. The third-order valence-electron chi connectivity index (χ3n) is 3.25. The van der Waals surface area contributed by atoms with E-state index in [0.717, 1.165) is 0 Å². The molecule has 0 aromatic heterocycles. The van der Waals surface area contributed by atoms with E-state index in [2.05, 4.69) is 4.74 Å². The number of esters is 1. The zero-order valence-corrected chi connectivity index (χ0v) is 12.7. The highest BCUT2D eigenvalue weighted by molar-refractivity contribution is 6.02. The van der Waals surface area contributed by atoms with E-state index >= 15 is 0 Å². The lowest BCUT2D eigenvalue weighted by molar-refractivity contribution is -0.136. The van der Waals surface area contributed by atoms with E-state index < -0.39 is 48.5 Å². The van der Waals surface area contributed by atoms with Crippen LogP contribution < -0.4 is 0 Å². The molecule has 4 atom stereocenters. The molecule has 0 aliphatic heterocycles. The number of para-hydroxylation sites is 1. The fourth-order valence-electron chi connectivity index (χ4n) is 1.84. The highest BCUT2D eigenvalue weighted by atomic mass is 16.5. The van der Waals surface area contributed by atoms with Gasteiger partial charge in [0.05, 0.1) is 5.56 Å². The summed E-state index contributed by atoms with van der Waals surface area (Å²) in [7, 11) is 0. The van der Waals surface area contributed by atoms with Gasteiger partial charge in [0.1, 0.15) is 42.3 Å². The SMILES string of the molecule is CC(=O)c1cccc(C(=O)OC[C@@H](O)[C@H](O)[C@H](O)[C@@H](O)C=O)c1O. The Balaban J connectivity index is 2.74. The van der Waals surface area contributed by atoms with E-state index in [9.17, 15) is 34.8 Å². The summed E-state index contributed by atoms with van der Waals surface area (Å²) in [6.45, 7) is 0.413. The largest absolute Gasteiger partial charge is 0.506 e. The number of Topliss-reactive ketones (excluding diaryl/α,β-unsaturated/α-hetero) is 1. The molecule has 0 unspecified atom stereocenters. The zero-order chi connectivity index (χ0) is 18.4. The summed E-state index contributed by atoms with van der Waals surface area (Å²) in [6, 6.07) is 3.85. The minimum Gasteiger partial charge on any atom is -0.506 e. The molecule has 0 saturated carbocycles. The molecule has 0 heterocycles. The maximum absolute atomic E-state index is 11.9. The van der Waals surface area contributed by atoms with E-state index in [-0.39, 0.29) is 17.4 Å². The number of phenols is 1. The number of benzene rings is 1. The number of ketones is 1. The first-order valence-corrected chi connectivity index (χ1v) is 6.88. The van der Waals surface area contributed by atoms with Crippen LogP contribution in [0, 0.1) is 0 Å². The summed E-state index contributed by atoms with van der Waals surface area (Å²) < 4.78 is 4.69. The number of carbonyl (C=O) groups is 3. The summed E-state index contributed by atoms with van der Waals surface area (Å²) in [4.78, 5) is 33.5. The van der Waals surface area contributed by atoms with Gasteiger partial charge < -0.3 is 35.1 Å². The Bertz CT molecular complexity index is 613. The summed E-state index contributed by atoms with van der Waals surface area (Å²) >= 11 is 0. The number of rotatable bonds is 8. The van der Waals surface area contributed by atoms with Crippen LogP contribution in [0.3, 0.4) is 0 Å². The van der Waals surface area contributed by atoms with Gasteiger partial charge >= 0.3 is 5.97 Å². The minimum absolute atomic E-state index is 0.0299. The average Bonchev–Trinajstić information content (AvgIpc) is 2.57. The predicted octanol–water partition coefficient (Wildman–Crippen LogP) is -1.61. The van der Waals surface area contributed by atoms with Crippen molar-refractivity contribution in [2.45, 2.75) is 31.3 Å². The number of ether oxygens (including phenoxy) is 1. The van der Waals surface area contributed by atoms with Crippen LogP contribution in [0.4, 0.5) is 0 Å². The highest BCUT2D eigenvalue weighted by Gasteiger charge is 2.31. The quantitative estimate of drug-likeness (QED) is 0.213. The van der Waals surface area contributed by atoms with Gasteiger partial charge in [0, 0.05) is 0 Å². The lowest BCUT2D eigenvalue weighted by Gasteiger charge is -2.23. The first-order chi connectivity index (χ1) is 11.2. The van der Waals surface area contributed by atoms with Crippen molar-refractivity contribution >= 4 is 18.0 Å². The molecule has 0 fully saturated rings. The van der Waals surface area contributed by atoms with Crippen molar-refractivity contribution in [1.29, 1.82) is 0 Å². The van der Waals surface area contributed by atoms with Crippen molar-refractivity contribution in [2.24, 2.45) is 0 Å². The van der Waals surface area contributed by atoms with Crippen molar-refractivity contribution < 1.29 is 44.7 Å². The molecule has 0 aliphatic carbocycles. The Morgan fingerprint density at radius 1 is 1.12 bits per heavy atom. The lowest BCUT2D eigenvalue weighted by atomic mass is 10.0. The van der Waals surface area contributed by atoms with Gasteiger partial charge in [0.2, 0.25) is 0 Å². The average molecular weight is 342 g/mol. The zero-order valence-electron chi connectivity index (χ0n) is 12.7. The molecule has 0 amide bonds. The Labute approximate surface area is 136 Å². The number of aromatic hydroxyl groups is 1. The van der Waals surface area contributed by atoms with Crippen LogP contribution in [0.2, 0.25) is 0 Å². The number of aldehydes is 1. The summed E-state index contributed by atoms with van der Waals surface area (Å²) in [6.07, 6.45) is -7.66. The Kier molecular flexibility index (Phi) is 6.98. The molecule has 5 N–H and O–H groups in total. The summed E-state index contributed by atoms with van der Waals surface area (Å²) in [5.74, 6) is -2.13. The van der Waals surface area contributed by atoms with E-state index in [1.165, 1.54) is 25.1 Å². The molecule has 0 saturated heterocycles. The van der Waals surface area contributed by atoms with Crippen LogP contribution in [-0.2, 0) is 9.53 Å². The van der Waals surface area contributed by atoms with Gasteiger partial charge in [-0.2, -0.15) is 0 Å². The fourth-order valence-corrected chi connectivity index (χ4v) is 1.84. The van der Waals surface area contributed by atoms with Crippen LogP contribution in [-0.4, -0.2) is 74.6 Å². The smallest absolute Gasteiger partial charge is 0.342 e. The van der Waals surface area contributed by atoms with Gasteiger partial charge in [-0.1, -0.05) is 6.07 Å². The van der Waals surface area contributed by atoms with Gasteiger partial charge in [0.15, 0.2) is 12.1 Å². The molecule has 1 aromatic rings. The summed E-state index contributed by atoms with van der Waals surface area (Å²) in [5, 5.41) is 47.4. The second-order valence-corrected chi connectivity index (χ2v) is 5.03. The number of hydrogen-bond acceptors (Lipinski definition) is 9. The molecular formula is C15H18O9. The Morgan fingerprint density at radius 2 is 1.71 bits per heavy atom. The van der Waals surface area contributed by atoms with Crippen molar-refractivity contribution in [3.8, 4) is 5.75 Å². The van der Waals surface area contributed by atoms with Crippen LogP contribution in [0.15, 0.2) is 18.2 Å². The fraction of sp³-hybridized carbons (Fsp3) is 0.400. The molecule has 9 nitrogen and oxygen atoms in total. The number of carbonyl (C=O) groups excluding carboxylic acids is 3. The molecule has 132 valence electrons. The van der Waals surface area contributed by atoms with Gasteiger partial charge in [0.25, 0.3) is 0 Å². The van der Waals surface area contributed by atoms with Crippen LogP contribution in [0.25, 0.3) is 0 Å². The van der Waals surface area contributed by atoms with E-state index in [0.29, 0.717) is 0 Å². The molecule has 24 heavy (non-hydrogen) atoms. The molecule has 9 heteroatoms. The van der Waals surface area contributed by atoms with Crippen LogP contribution in [0.1, 0.15) is 27.6 Å². The maximum atomic E-state index is 11.9. The van der Waals surface area contributed by atoms with Crippen molar-refractivity contribution in [1.82, 2.24) is 0 Å². The molecule has 0 bridgehead atoms. The second kappa shape index (κ2) is 8.50. The van der Waals surface area contributed by atoms with Gasteiger partial charge in [-0.05, 0) is 19.1 Å². The second-order valence-electron chi connectivity index (χ2n) is 5.03. The Hall–Kier alpha value is -2.33. The van der Waals surface area contributed by atoms with E-state index in [1.807, 2.05) is 0 Å². The summed E-state index contributed by atoms with van der Waals surface area (Å²) in [5.41, 5.74) is -0.410. The molecule has 0 spiro atoms. The lowest BCUT2D eigenvalue weighted by Crippen LogP contribution is -2.46. The molecule has 1 aromatic carbocycles. The number of phenolic OH excluding ortho intramolecular Hbond substituents is 1. The first kappa shape index (κ1) is 19.7. The van der Waals surface area contributed by atoms with Crippen LogP contribution >= 0.6 is 0 Å². The minimum atomic E-state index is -1.97. The van der Waals surface area contributed by atoms with Gasteiger partial charge in [-0.25, -0.2) is 4.79 Å². The van der Waals surface area contributed by atoms with Crippen molar-refractivity contribution in [3.63, 3.8) is 0 Å². The molecular weight excluding hydrogens is 324 g/mol. The maximum Gasteiger partial charge on any atom is 0.342 e. The monoisotopic (exact) mass is 342 g/mol. The van der Waals surface area contributed by atoms with Crippen LogP contribution in [0.5, 0.6) is 5.75 Å². The first-order valence-electron chi connectivity index (χ1n) is 6.88. The van der Waals surface area contributed by atoms with E-state index in [1.54, 1.807) is 0 Å². The third-order valence-corrected chi connectivity index (χ3v) is 3.25. The number of hydrogen-bond donors (Lipinski definition) is 5. The number of aliphatic hydroxyl groups is 4. The molecule has 0 aliphatic rings. The van der Waals surface area contributed by atoms with Crippen molar-refractivity contribution in [3.05, 3.63) is 29.3 Å².